The molecule has 0 saturated carbocycles. The fourth-order valence-corrected chi connectivity index (χ4v) is 2.22. The van der Waals surface area contributed by atoms with Gasteiger partial charge in [-0.2, -0.15) is 0 Å². The predicted octanol–water partition coefficient (Wildman–Crippen LogP) is 1.89. The van der Waals surface area contributed by atoms with Crippen molar-refractivity contribution in [3.63, 3.8) is 0 Å². The first-order valence-corrected chi connectivity index (χ1v) is 7.73. The molecule has 19 heavy (non-hydrogen) atoms. The van der Waals surface area contributed by atoms with Gasteiger partial charge >= 0.3 is 0 Å². The van der Waals surface area contributed by atoms with Crippen molar-refractivity contribution in [1.29, 1.82) is 0 Å². The number of sulfonamides is 1. The number of anilines is 1. The van der Waals surface area contributed by atoms with Gasteiger partial charge in [0.15, 0.2) is 0 Å². The largest absolute Gasteiger partial charge is 0.352 e. The van der Waals surface area contributed by atoms with Gasteiger partial charge < -0.3 is 5.32 Å². The molecule has 1 rings (SSSR count). The molecule has 1 aromatic carbocycles. The summed E-state index contributed by atoms with van der Waals surface area (Å²) in [7, 11) is -3.37. The fourth-order valence-electron chi connectivity index (χ4n) is 1.45. The van der Waals surface area contributed by atoms with Crippen LogP contribution in [-0.2, 0) is 10.0 Å². The molecule has 6 heteroatoms. The number of amides is 1. The smallest absolute Gasteiger partial charge is 0.251 e. The molecule has 0 aliphatic rings. The van der Waals surface area contributed by atoms with E-state index in [0.717, 1.165) is 0 Å². The summed E-state index contributed by atoms with van der Waals surface area (Å²) in [6, 6.07) is 4.89. The van der Waals surface area contributed by atoms with Gasteiger partial charge in [0.1, 0.15) is 0 Å². The van der Waals surface area contributed by atoms with E-state index >= 15 is 0 Å². The lowest BCUT2D eigenvalue weighted by Crippen LogP contribution is -2.24. The monoisotopic (exact) mass is 284 g/mol. The van der Waals surface area contributed by atoms with Crippen molar-refractivity contribution in [3.05, 3.63) is 29.3 Å². The Bertz CT molecular complexity index is 565. The second-order valence-electron chi connectivity index (χ2n) is 4.58. The minimum atomic E-state index is -3.37. The van der Waals surface area contributed by atoms with Crippen LogP contribution in [0.3, 0.4) is 0 Å². The molecule has 0 bridgehead atoms. The minimum absolute atomic E-state index is 0.163. The van der Waals surface area contributed by atoms with E-state index in [2.05, 4.69) is 10.0 Å². The van der Waals surface area contributed by atoms with Crippen molar-refractivity contribution in [2.24, 2.45) is 0 Å². The zero-order valence-electron chi connectivity index (χ0n) is 11.6. The highest BCUT2D eigenvalue weighted by molar-refractivity contribution is 7.93. The van der Waals surface area contributed by atoms with E-state index in [-0.39, 0.29) is 5.91 Å². The lowest BCUT2D eigenvalue weighted by Gasteiger charge is -2.13. The third-order valence-corrected chi connectivity index (χ3v) is 4.44. The lowest BCUT2D eigenvalue weighted by atomic mass is 10.1. The Kier molecular flexibility index (Phi) is 4.94. The number of hydrogen-bond donors (Lipinski definition) is 2. The van der Waals surface area contributed by atoms with Crippen LogP contribution in [0.15, 0.2) is 18.2 Å². The molecule has 0 aliphatic carbocycles. The van der Waals surface area contributed by atoms with E-state index in [0.29, 0.717) is 23.4 Å². The van der Waals surface area contributed by atoms with Gasteiger partial charge in [-0.25, -0.2) is 8.42 Å². The number of rotatable bonds is 5. The zero-order chi connectivity index (χ0) is 14.6. The number of carbonyl (C=O) groups is 1. The fraction of sp³-hybridized carbons (Fsp3) is 0.462. The van der Waals surface area contributed by atoms with Crippen molar-refractivity contribution in [2.45, 2.75) is 32.9 Å². The van der Waals surface area contributed by atoms with Gasteiger partial charge in [-0.15, -0.1) is 0 Å². The van der Waals surface area contributed by atoms with Crippen LogP contribution in [0.2, 0.25) is 0 Å². The predicted molar refractivity (Wildman–Crippen MR) is 76.9 cm³/mol. The summed E-state index contributed by atoms with van der Waals surface area (Å²) in [5.41, 5.74) is 1.74. The van der Waals surface area contributed by atoms with Crippen LogP contribution >= 0.6 is 0 Å². The number of nitrogens with one attached hydrogen (secondary N) is 2. The molecule has 0 unspecified atom stereocenters. The Labute approximate surface area is 114 Å². The topological polar surface area (TPSA) is 75.3 Å². The Morgan fingerprint density at radius 2 is 1.95 bits per heavy atom. The van der Waals surface area contributed by atoms with Crippen molar-refractivity contribution in [2.75, 3.05) is 11.3 Å². The Hall–Kier alpha value is -1.56. The van der Waals surface area contributed by atoms with Gasteiger partial charge in [0.05, 0.1) is 10.9 Å². The summed E-state index contributed by atoms with van der Waals surface area (Å²) < 4.78 is 26.1. The van der Waals surface area contributed by atoms with Crippen molar-refractivity contribution in [1.82, 2.24) is 5.32 Å². The molecule has 0 heterocycles. The van der Waals surface area contributed by atoms with Crippen LogP contribution in [0, 0.1) is 6.92 Å². The molecular formula is C13H20N2O3S. The van der Waals surface area contributed by atoms with Gasteiger partial charge in [0, 0.05) is 12.1 Å². The second-order valence-corrected chi connectivity index (χ2v) is 6.82. The summed E-state index contributed by atoms with van der Waals surface area (Å²) in [5.74, 6) is -0.163. The Morgan fingerprint density at radius 3 is 2.42 bits per heavy atom. The first-order valence-electron chi connectivity index (χ1n) is 6.18. The molecule has 5 nitrogen and oxygen atoms in total. The van der Waals surface area contributed by atoms with Crippen molar-refractivity contribution < 1.29 is 13.2 Å². The zero-order valence-corrected chi connectivity index (χ0v) is 12.5. The first kappa shape index (κ1) is 15.5. The molecule has 1 amide bonds. The molecule has 2 N–H and O–H groups in total. The van der Waals surface area contributed by atoms with E-state index in [1.54, 1.807) is 39.0 Å². The van der Waals surface area contributed by atoms with Crippen LogP contribution in [0.1, 0.15) is 36.7 Å². The average molecular weight is 284 g/mol. The van der Waals surface area contributed by atoms with E-state index in [1.807, 2.05) is 6.92 Å². The van der Waals surface area contributed by atoms with E-state index in [9.17, 15) is 13.2 Å². The SMILES string of the molecule is CCNC(=O)c1ccc(NS(=O)(=O)C(C)C)c(C)c1. The van der Waals surface area contributed by atoms with Crippen LogP contribution in [0.5, 0.6) is 0 Å². The van der Waals surface area contributed by atoms with Gasteiger partial charge in [-0.1, -0.05) is 0 Å². The molecule has 0 saturated heterocycles. The highest BCUT2D eigenvalue weighted by Crippen LogP contribution is 2.19. The maximum absolute atomic E-state index is 11.8. The molecule has 0 aliphatic heterocycles. The third kappa shape index (κ3) is 3.96. The molecule has 106 valence electrons. The number of carbonyl (C=O) groups excluding carboxylic acids is 1. The van der Waals surface area contributed by atoms with E-state index in [1.165, 1.54) is 0 Å². The van der Waals surface area contributed by atoms with Crippen LogP contribution in [-0.4, -0.2) is 26.1 Å². The summed E-state index contributed by atoms with van der Waals surface area (Å²) in [6.45, 7) is 7.39. The molecule has 1 aromatic rings. The van der Waals surface area contributed by atoms with E-state index in [4.69, 9.17) is 0 Å². The summed E-state index contributed by atoms with van der Waals surface area (Å²) >= 11 is 0. The molecule has 0 atom stereocenters. The van der Waals surface area contributed by atoms with Crippen LogP contribution in [0.4, 0.5) is 5.69 Å². The summed E-state index contributed by atoms with van der Waals surface area (Å²) in [5, 5.41) is 2.19. The standard InChI is InChI=1S/C13H20N2O3S/c1-5-14-13(16)11-6-7-12(10(4)8-11)15-19(17,18)9(2)3/h6-9,15H,5H2,1-4H3,(H,14,16). The lowest BCUT2D eigenvalue weighted by molar-refractivity contribution is 0.0956. The minimum Gasteiger partial charge on any atom is -0.352 e. The normalized spacial score (nSPS) is 11.4. The van der Waals surface area contributed by atoms with Crippen LogP contribution in [0.25, 0.3) is 0 Å². The van der Waals surface area contributed by atoms with Gasteiger partial charge in [-0.3, -0.25) is 9.52 Å². The molecular weight excluding hydrogens is 264 g/mol. The highest BCUT2D eigenvalue weighted by atomic mass is 32.2. The van der Waals surface area contributed by atoms with E-state index < -0.39 is 15.3 Å². The van der Waals surface area contributed by atoms with Gasteiger partial charge in [-0.05, 0) is 51.5 Å². The molecule has 0 aromatic heterocycles. The quantitative estimate of drug-likeness (QED) is 0.867. The first-order chi connectivity index (χ1) is 8.77. The van der Waals surface area contributed by atoms with Crippen molar-refractivity contribution >= 4 is 21.6 Å². The number of aryl methyl sites for hydroxylation is 1. The van der Waals surface area contributed by atoms with Gasteiger partial charge in [0.25, 0.3) is 5.91 Å². The maximum Gasteiger partial charge on any atom is 0.251 e. The third-order valence-electron chi connectivity index (χ3n) is 2.70. The number of hydrogen-bond acceptors (Lipinski definition) is 3. The van der Waals surface area contributed by atoms with Crippen molar-refractivity contribution in [3.8, 4) is 0 Å². The van der Waals surface area contributed by atoms with Gasteiger partial charge in [0.2, 0.25) is 10.0 Å². The maximum atomic E-state index is 11.8. The number of benzene rings is 1. The Morgan fingerprint density at radius 1 is 1.32 bits per heavy atom. The average Bonchev–Trinajstić information content (AvgIpc) is 2.31. The second kappa shape index (κ2) is 6.06. The highest BCUT2D eigenvalue weighted by Gasteiger charge is 2.17. The molecule has 0 spiro atoms. The molecule has 0 radical (unpaired) electrons. The summed E-state index contributed by atoms with van der Waals surface area (Å²) in [6.07, 6.45) is 0. The summed E-state index contributed by atoms with van der Waals surface area (Å²) in [4.78, 5) is 11.7. The van der Waals surface area contributed by atoms with Crippen LogP contribution < -0.4 is 10.0 Å². The molecule has 0 fully saturated rings. The Balaban J connectivity index is 2.99.